The molecule has 2 amide bonds. The van der Waals surface area contributed by atoms with Crippen molar-refractivity contribution in [3.8, 4) is 0 Å². The number of piperidine rings is 1. The number of nitrogens with zero attached hydrogens (tertiary/aromatic N) is 3. The zero-order chi connectivity index (χ0) is 24.6. The molecule has 1 fully saturated rings. The summed E-state index contributed by atoms with van der Waals surface area (Å²) < 4.78 is 1.85. The number of likely N-dealkylation sites (N-methyl/N-ethyl adjacent to an activating group) is 1. The molecule has 1 aliphatic rings. The van der Waals surface area contributed by atoms with Crippen molar-refractivity contribution in [2.75, 3.05) is 13.6 Å². The van der Waals surface area contributed by atoms with Crippen LogP contribution in [0.4, 0.5) is 0 Å². The highest BCUT2D eigenvalue weighted by Gasteiger charge is 2.38. The van der Waals surface area contributed by atoms with E-state index in [0.29, 0.717) is 47.4 Å². The average Bonchev–Trinajstić information content (AvgIpc) is 3.23. The van der Waals surface area contributed by atoms with E-state index in [0.717, 1.165) is 5.52 Å². The van der Waals surface area contributed by atoms with Crippen molar-refractivity contribution in [1.29, 1.82) is 0 Å². The molecule has 3 aromatic carbocycles. The molecule has 5 rings (SSSR count). The minimum Gasteiger partial charge on any atom is -0.373 e. The van der Waals surface area contributed by atoms with Crippen molar-refractivity contribution in [3.05, 3.63) is 101 Å². The smallest absolute Gasteiger partial charge is 0.251 e. The molecule has 178 valence electrons. The fourth-order valence-corrected chi connectivity index (χ4v) is 4.84. The van der Waals surface area contributed by atoms with Crippen molar-refractivity contribution in [2.45, 2.75) is 24.5 Å². The second-order valence-electron chi connectivity index (χ2n) is 9.12. The number of nitrogens with one attached hydrogen (secondary N) is 1. The number of fused-ring (bicyclic) bond motifs is 1. The first-order valence-electron chi connectivity index (χ1n) is 11.7. The van der Waals surface area contributed by atoms with E-state index in [1.165, 1.54) is 0 Å². The molecule has 2 N–H and O–H groups in total. The third kappa shape index (κ3) is 4.08. The number of hydrogen-bond donors (Lipinski definition) is 2. The molecule has 1 saturated heterocycles. The highest BCUT2D eigenvalue weighted by atomic mass is 16.3. The Morgan fingerprint density at radius 2 is 1.63 bits per heavy atom. The summed E-state index contributed by atoms with van der Waals surface area (Å²) in [5, 5.41) is 15.2. The standard InChI is InChI=1S/C28H28N4O3/c1-31-18-22(14-16-25(31)33)29-26(34)19-13-15-23-24(17-19)32(2)27(30-23)28(35,20-9-5-3-6-10-20)21-11-7-4-8-12-21/h3-13,15,17,22,35H,14,16,18H2,1-2H3,(H,29,34)/t22-/m0/s1. The summed E-state index contributed by atoms with van der Waals surface area (Å²) in [6, 6.07) is 24.2. The lowest BCUT2D eigenvalue weighted by Gasteiger charge is -2.30. The number of aromatic nitrogens is 2. The first kappa shape index (κ1) is 22.8. The first-order valence-corrected chi connectivity index (χ1v) is 11.7. The summed E-state index contributed by atoms with van der Waals surface area (Å²) in [6.07, 6.45) is 1.07. The molecule has 7 heteroatoms. The van der Waals surface area contributed by atoms with E-state index in [1.54, 1.807) is 30.1 Å². The number of benzene rings is 3. The number of imidazole rings is 1. The third-order valence-electron chi connectivity index (χ3n) is 6.81. The Morgan fingerprint density at radius 3 is 2.23 bits per heavy atom. The zero-order valence-electron chi connectivity index (χ0n) is 19.8. The molecule has 1 atom stereocenters. The largest absolute Gasteiger partial charge is 0.373 e. The van der Waals surface area contributed by atoms with Crippen LogP contribution in [0.3, 0.4) is 0 Å². The molecule has 7 nitrogen and oxygen atoms in total. The van der Waals surface area contributed by atoms with Gasteiger partial charge in [-0.05, 0) is 35.7 Å². The van der Waals surface area contributed by atoms with Crippen LogP contribution in [0.2, 0.25) is 0 Å². The van der Waals surface area contributed by atoms with E-state index in [9.17, 15) is 14.7 Å². The fraction of sp³-hybridized carbons (Fsp3) is 0.250. The van der Waals surface area contributed by atoms with Gasteiger partial charge in [-0.3, -0.25) is 9.59 Å². The Bertz CT molecular complexity index is 1340. The maximum atomic E-state index is 13.0. The topological polar surface area (TPSA) is 87.5 Å². The highest BCUT2D eigenvalue weighted by molar-refractivity contribution is 5.97. The Hall–Kier alpha value is -3.97. The summed E-state index contributed by atoms with van der Waals surface area (Å²) in [6.45, 7) is 0.504. The molecular weight excluding hydrogens is 440 g/mol. The first-order chi connectivity index (χ1) is 16.9. The molecule has 2 heterocycles. The summed E-state index contributed by atoms with van der Waals surface area (Å²) in [5.74, 6) is 0.377. The van der Waals surface area contributed by atoms with Gasteiger partial charge in [0.05, 0.1) is 11.0 Å². The van der Waals surface area contributed by atoms with Crippen LogP contribution < -0.4 is 5.32 Å². The van der Waals surface area contributed by atoms with Crippen molar-refractivity contribution in [1.82, 2.24) is 19.8 Å². The Balaban J connectivity index is 1.53. The second-order valence-corrected chi connectivity index (χ2v) is 9.12. The van der Waals surface area contributed by atoms with E-state index < -0.39 is 5.60 Å². The van der Waals surface area contributed by atoms with Crippen LogP contribution in [0.25, 0.3) is 11.0 Å². The lowest BCUT2D eigenvalue weighted by Crippen LogP contribution is -2.48. The normalized spacial score (nSPS) is 16.5. The maximum Gasteiger partial charge on any atom is 0.251 e. The lowest BCUT2D eigenvalue weighted by atomic mass is 9.85. The number of carbonyl (C=O) groups excluding carboxylic acids is 2. The van der Waals surface area contributed by atoms with Gasteiger partial charge in [0.1, 0.15) is 0 Å². The van der Waals surface area contributed by atoms with Crippen LogP contribution in [0.5, 0.6) is 0 Å². The van der Waals surface area contributed by atoms with Crippen molar-refractivity contribution < 1.29 is 14.7 Å². The Morgan fingerprint density at radius 1 is 1.00 bits per heavy atom. The average molecular weight is 469 g/mol. The molecule has 0 bridgehead atoms. The molecule has 1 aliphatic heterocycles. The molecule has 0 radical (unpaired) electrons. The monoisotopic (exact) mass is 468 g/mol. The minimum atomic E-state index is -1.47. The van der Waals surface area contributed by atoms with Crippen LogP contribution in [0.15, 0.2) is 78.9 Å². The molecule has 0 aliphatic carbocycles. The highest BCUT2D eigenvalue weighted by Crippen LogP contribution is 2.37. The number of amides is 2. The van der Waals surface area contributed by atoms with E-state index in [2.05, 4.69) is 5.32 Å². The van der Waals surface area contributed by atoms with Gasteiger partial charge in [-0.15, -0.1) is 0 Å². The summed E-state index contributed by atoms with van der Waals surface area (Å²) in [4.78, 5) is 31.2. The van der Waals surface area contributed by atoms with Gasteiger partial charge in [0.15, 0.2) is 11.4 Å². The van der Waals surface area contributed by atoms with Crippen LogP contribution >= 0.6 is 0 Å². The van der Waals surface area contributed by atoms with Crippen LogP contribution in [0, 0.1) is 0 Å². The van der Waals surface area contributed by atoms with Crippen molar-refractivity contribution >= 4 is 22.8 Å². The summed E-state index contributed by atoms with van der Waals surface area (Å²) in [5.41, 5.74) is 1.88. The Kier molecular flexibility index (Phi) is 5.86. The summed E-state index contributed by atoms with van der Waals surface area (Å²) in [7, 11) is 3.61. The number of hydrogen-bond acceptors (Lipinski definition) is 4. The molecule has 4 aromatic rings. The van der Waals surface area contributed by atoms with Gasteiger partial charge in [-0.2, -0.15) is 0 Å². The van der Waals surface area contributed by atoms with Gasteiger partial charge < -0.3 is 19.9 Å². The Labute approximate surface area is 204 Å². The maximum absolute atomic E-state index is 13.0. The van der Waals surface area contributed by atoms with Crippen LogP contribution in [0.1, 0.15) is 40.2 Å². The predicted molar refractivity (Wildman–Crippen MR) is 134 cm³/mol. The molecule has 0 unspecified atom stereocenters. The molecular formula is C28H28N4O3. The quantitative estimate of drug-likeness (QED) is 0.471. The van der Waals surface area contributed by atoms with Gasteiger partial charge in [-0.25, -0.2) is 4.98 Å². The number of carbonyl (C=O) groups is 2. The molecule has 1 aromatic heterocycles. The van der Waals surface area contributed by atoms with E-state index in [4.69, 9.17) is 4.98 Å². The molecule has 0 spiro atoms. The summed E-state index contributed by atoms with van der Waals surface area (Å²) >= 11 is 0. The number of likely N-dealkylation sites (tertiary alicyclic amines) is 1. The van der Waals surface area contributed by atoms with Gasteiger partial charge in [0.2, 0.25) is 5.91 Å². The zero-order valence-corrected chi connectivity index (χ0v) is 19.8. The minimum absolute atomic E-state index is 0.0794. The van der Waals surface area contributed by atoms with E-state index >= 15 is 0 Å². The molecule has 0 saturated carbocycles. The number of aliphatic hydroxyl groups is 1. The second kappa shape index (κ2) is 9.00. The third-order valence-corrected chi connectivity index (χ3v) is 6.81. The predicted octanol–water partition coefficient (Wildman–Crippen LogP) is 3.21. The van der Waals surface area contributed by atoms with Gasteiger partial charge >= 0.3 is 0 Å². The van der Waals surface area contributed by atoms with Gasteiger partial charge in [-0.1, -0.05) is 60.7 Å². The van der Waals surface area contributed by atoms with Crippen LogP contribution in [-0.4, -0.2) is 51.0 Å². The number of aryl methyl sites for hydroxylation is 1. The van der Waals surface area contributed by atoms with Crippen molar-refractivity contribution in [3.63, 3.8) is 0 Å². The van der Waals surface area contributed by atoms with E-state index in [-0.39, 0.29) is 17.9 Å². The van der Waals surface area contributed by atoms with E-state index in [1.807, 2.05) is 72.3 Å². The fourth-order valence-electron chi connectivity index (χ4n) is 4.84. The van der Waals surface area contributed by atoms with Gasteiger partial charge in [0.25, 0.3) is 5.91 Å². The van der Waals surface area contributed by atoms with Crippen molar-refractivity contribution in [2.24, 2.45) is 7.05 Å². The molecule has 35 heavy (non-hydrogen) atoms. The SMILES string of the molecule is CN1C[C@@H](NC(=O)c2ccc3nc(C(O)(c4ccccc4)c4ccccc4)n(C)c3c2)CCC1=O. The van der Waals surface area contributed by atoms with Crippen LogP contribution in [-0.2, 0) is 17.4 Å². The lowest BCUT2D eigenvalue weighted by molar-refractivity contribution is -0.132. The van der Waals surface area contributed by atoms with Gasteiger partial charge in [0, 0.05) is 38.7 Å². The number of rotatable bonds is 5.